The van der Waals surface area contributed by atoms with Gasteiger partial charge in [-0.15, -0.1) is 0 Å². The summed E-state index contributed by atoms with van der Waals surface area (Å²) in [5.74, 6) is -0.124. The Bertz CT molecular complexity index is 987. The average molecular weight is 472 g/mol. The maximum Gasteiger partial charge on any atom is 0.324 e. The lowest BCUT2D eigenvalue weighted by molar-refractivity contribution is -0.143. The zero-order valence-corrected chi connectivity index (χ0v) is 19.8. The van der Waals surface area contributed by atoms with Crippen LogP contribution in [0.25, 0.3) is 0 Å². The number of methoxy groups -OCH3 is 1. The van der Waals surface area contributed by atoms with Gasteiger partial charge in [-0.1, -0.05) is 50.9 Å². The monoisotopic (exact) mass is 471 g/mol. The summed E-state index contributed by atoms with van der Waals surface area (Å²) in [7, 11) is -2.69. The summed E-state index contributed by atoms with van der Waals surface area (Å²) in [5.41, 5.74) is 1.36. The first-order valence-corrected chi connectivity index (χ1v) is 12.0. The summed E-state index contributed by atoms with van der Waals surface area (Å²) in [5, 5.41) is 9.97. The van der Waals surface area contributed by atoms with Crippen LogP contribution in [0, 0.1) is 5.92 Å². The number of aromatic nitrogens is 2. The summed E-state index contributed by atoms with van der Waals surface area (Å²) >= 11 is 6.17. The number of halogens is 1. The molecule has 2 rings (SSSR count). The number of nitrogens with zero attached hydrogens (tertiary/aromatic N) is 2. The fourth-order valence-corrected chi connectivity index (χ4v) is 4.74. The highest BCUT2D eigenvalue weighted by atomic mass is 35.5. The summed E-state index contributed by atoms with van der Waals surface area (Å²) in [6, 6.07) is 5.37. The molecule has 1 aromatic carbocycles. The molecule has 1 heterocycles. The van der Waals surface area contributed by atoms with Crippen molar-refractivity contribution in [1.29, 1.82) is 0 Å². The second kappa shape index (κ2) is 11.1. The van der Waals surface area contributed by atoms with Crippen molar-refractivity contribution in [2.75, 3.05) is 7.11 Å². The lowest BCUT2D eigenvalue weighted by Gasteiger charge is -2.20. The van der Waals surface area contributed by atoms with Crippen LogP contribution in [-0.4, -0.2) is 42.2 Å². The predicted molar refractivity (Wildman–Crippen MR) is 118 cm³/mol. The molecular weight excluding hydrogens is 442 g/mol. The molecule has 8 nitrogen and oxygen atoms in total. The fraction of sp³-hybridized carbons (Fsp3) is 0.524. The van der Waals surface area contributed by atoms with E-state index in [1.807, 2.05) is 4.57 Å². The highest BCUT2D eigenvalue weighted by Gasteiger charge is 2.29. The van der Waals surface area contributed by atoms with Gasteiger partial charge in [0, 0.05) is 13.0 Å². The van der Waals surface area contributed by atoms with Crippen molar-refractivity contribution in [1.82, 2.24) is 14.3 Å². The van der Waals surface area contributed by atoms with E-state index in [-0.39, 0.29) is 22.6 Å². The third kappa shape index (κ3) is 6.29. The van der Waals surface area contributed by atoms with E-state index >= 15 is 0 Å². The number of esters is 1. The summed E-state index contributed by atoms with van der Waals surface area (Å²) < 4.78 is 34.4. The molecule has 0 amide bonds. The Kier molecular flexibility index (Phi) is 9.05. The molecule has 2 aromatic rings. The van der Waals surface area contributed by atoms with Gasteiger partial charge in [0.2, 0.25) is 10.0 Å². The number of aliphatic hydroxyl groups excluding tert-OH is 1. The molecule has 1 atom stereocenters. The lowest BCUT2D eigenvalue weighted by atomic mass is 10.1. The molecule has 0 spiro atoms. The Morgan fingerprint density at radius 1 is 1.29 bits per heavy atom. The van der Waals surface area contributed by atoms with Crippen LogP contribution in [0.5, 0.6) is 0 Å². The molecule has 10 heteroatoms. The minimum atomic E-state index is -3.91. The van der Waals surface area contributed by atoms with E-state index < -0.39 is 22.0 Å². The normalized spacial score (nSPS) is 12.9. The molecule has 0 bridgehead atoms. The molecule has 0 saturated heterocycles. The number of ether oxygens (including phenoxy) is 1. The molecule has 172 valence electrons. The first-order chi connectivity index (χ1) is 14.6. The number of benzene rings is 1. The van der Waals surface area contributed by atoms with Crippen LogP contribution >= 0.6 is 11.6 Å². The molecule has 0 saturated carbocycles. The second-order valence-electron chi connectivity index (χ2n) is 7.62. The van der Waals surface area contributed by atoms with Crippen molar-refractivity contribution in [2.24, 2.45) is 5.92 Å². The van der Waals surface area contributed by atoms with Crippen LogP contribution in [0.1, 0.15) is 50.7 Å². The number of hydrogen-bond donors (Lipinski definition) is 2. The van der Waals surface area contributed by atoms with Gasteiger partial charge in [0.25, 0.3) is 0 Å². The number of imidazole rings is 1. The number of aryl methyl sites for hydroxylation is 1. The van der Waals surface area contributed by atoms with Gasteiger partial charge in [0.1, 0.15) is 11.9 Å². The van der Waals surface area contributed by atoms with Crippen LogP contribution in [-0.2, 0) is 39.1 Å². The number of hydrogen-bond acceptors (Lipinski definition) is 6. The van der Waals surface area contributed by atoms with Crippen molar-refractivity contribution in [3.8, 4) is 0 Å². The summed E-state index contributed by atoms with van der Waals surface area (Å²) in [4.78, 5) is 16.3. The summed E-state index contributed by atoms with van der Waals surface area (Å²) in [6.45, 7) is 5.72. The third-order valence-corrected chi connectivity index (χ3v) is 6.74. The molecule has 31 heavy (non-hydrogen) atoms. The van der Waals surface area contributed by atoms with E-state index in [0.717, 1.165) is 30.7 Å². The standard InChI is InChI=1S/C21H30ClN3O5S/c1-5-6-7-18-23-20(22)17(13-26)25(18)12-15-8-10-16(11-9-15)31(28,29)24-19(14(2)3)21(27)30-4/h8-11,14,19,24,26H,5-7,12-13H2,1-4H3/t19-/m1/s1. The van der Waals surface area contributed by atoms with Crippen molar-refractivity contribution in [2.45, 2.75) is 64.1 Å². The topological polar surface area (TPSA) is 111 Å². The highest BCUT2D eigenvalue weighted by Crippen LogP contribution is 2.22. The maximum atomic E-state index is 12.7. The van der Waals surface area contributed by atoms with Crippen LogP contribution in [0.3, 0.4) is 0 Å². The minimum absolute atomic E-state index is 0.0445. The number of aliphatic hydroxyl groups is 1. The van der Waals surface area contributed by atoms with Crippen molar-refractivity contribution in [3.05, 3.63) is 46.5 Å². The Morgan fingerprint density at radius 2 is 1.94 bits per heavy atom. The van der Waals surface area contributed by atoms with Gasteiger partial charge in [-0.25, -0.2) is 13.4 Å². The molecule has 0 aliphatic rings. The maximum absolute atomic E-state index is 12.7. The highest BCUT2D eigenvalue weighted by molar-refractivity contribution is 7.89. The third-order valence-electron chi connectivity index (χ3n) is 4.98. The van der Waals surface area contributed by atoms with E-state index in [9.17, 15) is 18.3 Å². The number of carbonyl (C=O) groups excluding carboxylic acids is 1. The first-order valence-electron chi connectivity index (χ1n) is 10.2. The fourth-order valence-electron chi connectivity index (χ4n) is 3.14. The molecule has 0 unspecified atom stereocenters. The van der Waals surface area contributed by atoms with Crippen molar-refractivity contribution >= 4 is 27.6 Å². The smallest absolute Gasteiger partial charge is 0.324 e. The van der Waals surface area contributed by atoms with Crippen LogP contribution in [0.15, 0.2) is 29.2 Å². The predicted octanol–water partition coefficient (Wildman–Crippen LogP) is 2.90. The Hall–Kier alpha value is -1.94. The minimum Gasteiger partial charge on any atom is -0.468 e. The van der Waals surface area contributed by atoms with E-state index in [1.54, 1.807) is 26.0 Å². The van der Waals surface area contributed by atoms with E-state index in [2.05, 4.69) is 16.6 Å². The first kappa shape index (κ1) is 25.3. The SMILES string of the molecule is CCCCc1nc(Cl)c(CO)n1Cc1ccc(S(=O)(=O)N[C@@H](C(=O)OC)C(C)C)cc1. The van der Waals surface area contributed by atoms with E-state index in [1.165, 1.54) is 19.2 Å². The number of nitrogens with one attached hydrogen (secondary N) is 1. The van der Waals surface area contributed by atoms with Gasteiger partial charge in [0.05, 0.1) is 24.3 Å². The average Bonchev–Trinajstić information content (AvgIpc) is 3.04. The van der Waals surface area contributed by atoms with Crippen LogP contribution in [0.4, 0.5) is 0 Å². The largest absolute Gasteiger partial charge is 0.468 e. The van der Waals surface area contributed by atoms with Gasteiger partial charge >= 0.3 is 5.97 Å². The molecule has 0 aliphatic carbocycles. The quantitative estimate of drug-likeness (QED) is 0.487. The van der Waals surface area contributed by atoms with Gasteiger partial charge in [-0.05, 0) is 30.0 Å². The zero-order valence-electron chi connectivity index (χ0n) is 18.3. The Balaban J connectivity index is 2.25. The van der Waals surface area contributed by atoms with E-state index in [4.69, 9.17) is 16.3 Å². The van der Waals surface area contributed by atoms with Gasteiger partial charge in [-0.3, -0.25) is 4.79 Å². The summed E-state index contributed by atoms with van der Waals surface area (Å²) in [6.07, 6.45) is 2.68. The number of unbranched alkanes of at least 4 members (excludes halogenated alkanes) is 1. The molecule has 0 fully saturated rings. The lowest BCUT2D eigenvalue weighted by Crippen LogP contribution is -2.44. The molecular formula is C21H30ClN3O5S. The van der Waals surface area contributed by atoms with Gasteiger partial charge in [0.15, 0.2) is 5.15 Å². The number of sulfonamides is 1. The van der Waals surface area contributed by atoms with Crippen LogP contribution in [0.2, 0.25) is 5.15 Å². The van der Waals surface area contributed by atoms with Crippen LogP contribution < -0.4 is 4.72 Å². The van der Waals surface area contributed by atoms with Gasteiger partial charge < -0.3 is 14.4 Å². The molecule has 0 radical (unpaired) electrons. The van der Waals surface area contributed by atoms with Crippen molar-refractivity contribution in [3.63, 3.8) is 0 Å². The number of rotatable bonds is 11. The van der Waals surface area contributed by atoms with Gasteiger partial charge in [-0.2, -0.15) is 4.72 Å². The Labute approximate surface area is 188 Å². The van der Waals surface area contributed by atoms with E-state index in [0.29, 0.717) is 12.2 Å². The number of carbonyl (C=O) groups is 1. The second-order valence-corrected chi connectivity index (χ2v) is 9.70. The molecule has 1 aromatic heterocycles. The Morgan fingerprint density at radius 3 is 2.45 bits per heavy atom. The molecule has 0 aliphatic heterocycles. The van der Waals surface area contributed by atoms with Crippen molar-refractivity contribution < 1.29 is 23.1 Å². The molecule has 2 N–H and O–H groups in total. The zero-order chi connectivity index (χ0) is 23.2.